The number of esters is 1. The van der Waals surface area contributed by atoms with Crippen molar-refractivity contribution in [2.24, 2.45) is 0 Å². The smallest absolute Gasteiger partial charge is 0.308 e. The zero-order valence-electron chi connectivity index (χ0n) is 15.9. The van der Waals surface area contributed by atoms with Crippen molar-refractivity contribution in [1.82, 2.24) is 14.9 Å². The fourth-order valence-electron chi connectivity index (χ4n) is 2.77. The number of carbonyl (C=O) groups is 2. The van der Waals surface area contributed by atoms with Gasteiger partial charge in [-0.2, -0.15) is 0 Å². The number of amides is 1. The van der Waals surface area contributed by atoms with Crippen LogP contribution in [-0.2, 0) is 27.3 Å². The molecule has 30 heavy (non-hydrogen) atoms. The first-order valence-corrected chi connectivity index (χ1v) is 10.0. The molecule has 3 rings (SSSR count). The number of nitrogens with one attached hydrogen (secondary N) is 1. The van der Waals surface area contributed by atoms with Gasteiger partial charge in [0.05, 0.1) is 23.7 Å². The Bertz CT molecular complexity index is 1120. The van der Waals surface area contributed by atoms with Gasteiger partial charge in [-0.25, -0.2) is 9.37 Å². The van der Waals surface area contributed by atoms with Gasteiger partial charge in [-0.3, -0.25) is 19.0 Å². The van der Waals surface area contributed by atoms with Crippen LogP contribution in [0.4, 0.5) is 4.39 Å². The normalized spacial score (nSPS) is 10.7. The largest absolute Gasteiger partial charge is 0.456 e. The summed E-state index contributed by atoms with van der Waals surface area (Å²) in [6.07, 6.45) is 1.85. The standard InChI is InChI=1S/C21H19BrFN3O4/c22-15-3-6-18-17(11-15)21(29)26(13-25-18)10-8-20(28)30-12-19(27)24-9-7-14-1-4-16(23)5-2-14/h1-6,11,13H,7-10,12H2,(H,24,27). The maximum atomic E-state index is 12.8. The van der Waals surface area contributed by atoms with Gasteiger partial charge in [0.1, 0.15) is 5.82 Å². The molecule has 0 radical (unpaired) electrons. The highest BCUT2D eigenvalue weighted by molar-refractivity contribution is 9.10. The van der Waals surface area contributed by atoms with Crippen molar-refractivity contribution >= 4 is 38.7 Å². The van der Waals surface area contributed by atoms with Crippen LogP contribution in [0.15, 0.2) is 58.1 Å². The molecule has 0 saturated heterocycles. The molecule has 0 fully saturated rings. The molecule has 3 aromatic rings. The minimum atomic E-state index is -0.593. The lowest BCUT2D eigenvalue weighted by atomic mass is 10.1. The summed E-state index contributed by atoms with van der Waals surface area (Å²) in [6, 6.07) is 11.2. The first-order chi connectivity index (χ1) is 14.4. The van der Waals surface area contributed by atoms with Gasteiger partial charge >= 0.3 is 5.97 Å². The van der Waals surface area contributed by atoms with Crippen LogP contribution < -0.4 is 10.9 Å². The third-order valence-corrected chi connectivity index (χ3v) is 4.85. The summed E-state index contributed by atoms with van der Waals surface area (Å²) in [7, 11) is 0. The van der Waals surface area contributed by atoms with E-state index in [2.05, 4.69) is 26.2 Å². The van der Waals surface area contributed by atoms with Crippen LogP contribution in [0.3, 0.4) is 0 Å². The Morgan fingerprint density at radius 1 is 1.17 bits per heavy atom. The van der Waals surface area contributed by atoms with E-state index in [4.69, 9.17) is 4.74 Å². The van der Waals surface area contributed by atoms with E-state index in [1.54, 1.807) is 30.3 Å². The Morgan fingerprint density at radius 2 is 1.93 bits per heavy atom. The fraction of sp³-hybridized carbons (Fsp3) is 0.238. The minimum Gasteiger partial charge on any atom is -0.456 e. The third kappa shape index (κ3) is 5.96. The molecule has 156 valence electrons. The van der Waals surface area contributed by atoms with E-state index in [0.29, 0.717) is 23.9 Å². The van der Waals surface area contributed by atoms with Gasteiger partial charge < -0.3 is 10.1 Å². The Hall–Kier alpha value is -3.07. The predicted octanol–water partition coefficient (Wildman–Crippen LogP) is 2.59. The number of halogens is 2. The fourth-order valence-corrected chi connectivity index (χ4v) is 3.13. The molecule has 7 nitrogen and oxygen atoms in total. The highest BCUT2D eigenvalue weighted by atomic mass is 79.9. The Balaban J connectivity index is 1.42. The number of benzene rings is 2. The molecule has 1 amide bonds. The Labute approximate surface area is 180 Å². The quantitative estimate of drug-likeness (QED) is 0.505. The monoisotopic (exact) mass is 475 g/mol. The number of ether oxygens (including phenoxy) is 1. The van der Waals surface area contributed by atoms with Gasteiger partial charge in [-0.05, 0) is 42.3 Å². The number of hydrogen-bond donors (Lipinski definition) is 1. The molecular weight excluding hydrogens is 457 g/mol. The van der Waals surface area contributed by atoms with E-state index in [1.807, 2.05) is 0 Å². The van der Waals surface area contributed by atoms with E-state index in [9.17, 15) is 18.8 Å². The molecule has 1 aromatic heterocycles. The number of nitrogens with zero attached hydrogens (tertiary/aromatic N) is 2. The molecule has 0 aliphatic heterocycles. The van der Waals surface area contributed by atoms with Crippen molar-refractivity contribution in [1.29, 1.82) is 0 Å². The lowest BCUT2D eigenvalue weighted by molar-refractivity contribution is -0.148. The van der Waals surface area contributed by atoms with Crippen molar-refractivity contribution in [3.05, 3.63) is 75.0 Å². The second kappa shape index (κ2) is 10.1. The average molecular weight is 476 g/mol. The SMILES string of the molecule is O=C(COC(=O)CCn1cnc2ccc(Br)cc2c1=O)NCCc1ccc(F)cc1. The number of hydrogen-bond acceptors (Lipinski definition) is 5. The van der Waals surface area contributed by atoms with Crippen LogP contribution in [0.1, 0.15) is 12.0 Å². The van der Waals surface area contributed by atoms with Crippen molar-refractivity contribution in [2.75, 3.05) is 13.2 Å². The number of fused-ring (bicyclic) bond motifs is 1. The molecule has 0 saturated carbocycles. The Kier molecular flexibility index (Phi) is 7.29. The van der Waals surface area contributed by atoms with E-state index in [1.165, 1.54) is 23.0 Å². The molecule has 1 heterocycles. The number of aromatic nitrogens is 2. The highest BCUT2D eigenvalue weighted by Crippen LogP contribution is 2.14. The van der Waals surface area contributed by atoms with Gasteiger partial charge in [0.2, 0.25) is 0 Å². The van der Waals surface area contributed by atoms with E-state index >= 15 is 0 Å². The van der Waals surface area contributed by atoms with Gasteiger partial charge in [0.15, 0.2) is 6.61 Å². The molecule has 0 aliphatic carbocycles. The van der Waals surface area contributed by atoms with Gasteiger partial charge in [0.25, 0.3) is 11.5 Å². The first kappa shape index (κ1) is 21.6. The van der Waals surface area contributed by atoms with Crippen LogP contribution in [0.25, 0.3) is 10.9 Å². The maximum absolute atomic E-state index is 12.8. The van der Waals surface area contributed by atoms with Gasteiger partial charge in [-0.1, -0.05) is 28.1 Å². The average Bonchev–Trinajstić information content (AvgIpc) is 2.73. The van der Waals surface area contributed by atoms with Crippen molar-refractivity contribution in [3.63, 3.8) is 0 Å². The number of rotatable bonds is 8. The zero-order chi connectivity index (χ0) is 21.5. The van der Waals surface area contributed by atoms with E-state index in [-0.39, 0.29) is 24.3 Å². The molecule has 0 spiro atoms. The summed E-state index contributed by atoms with van der Waals surface area (Å²) in [5, 5.41) is 3.08. The topological polar surface area (TPSA) is 90.3 Å². The summed E-state index contributed by atoms with van der Waals surface area (Å²) < 4.78 is 19.9. The lowest BCUT2D eigenvalue weighted by Crippen LogP contribution is -2.30. The summed E-state index contributed by atoms with van der Waals surface area (Å²) in [4.78, 5) is 40.4. The summed E-state index contributed by atoms with van der Waals surface area (Å²) in [5.41, 5.74) is 1.20. The molecule has 2 aromatic carbocycles. The van der Waals surface area contributed by atoms with Gasteiger partial charge in [0, 0.05) is 17.6 Å². The van der Waals surface area contributed by atoms with Crippen LogP contribution in [0.2, 0.25) is 0 Å². The second-order valence-electron chi connectivity index (χ2n) is 6.54. The molecule has 0 aliphatic rings. The van der Waals surface area contributed by atoms with Crippen molar-refractivity contribution in [2.45, 2.75) is 19.4 Å². The minimum absolute atomic E-state index is 0.0655. The molecule has 9 heteroatoms. The predicted molar refractivity (Wildman–Crippen MR) is 112 cm³/mol. The molecule has 1 N–H and O–H groups in total. The van der Waals surface area contributed by atoms with Crippen molar-refractivity contribution < 1.29 is 18.7 Å². The molecule has 0 bridgehead atoms. The highest BCUT2D eigenvalue weighted by Gasteiger charge is 2.10. The molecule has 0 unspecified atom stereocenters. The summed E-state index contributed by atoms with van der Waals surface area (Å²) >= 11 is 3.32. The summed E-state index contributed by atoms with van der Waals surface area (Å²) in [6.45, 7) is 0.0368. The van der Waals surface area contributed by atoms with Crippen LogP contribution in [-0.4, -0.2) is 34.6 Å². The molecular formula is C21H19BrFN3O4. The van der Waals surface area contributed by atoms with E-state index < -0.39 is 18.5 Å². The summed E-state index contributed by atoms with van der Waals surface area (Å²) in [5.74, 6) is -1.34. The van der Waals surface area contributed by atoms with Crippen LogP contribution >= 0.6 is 15.9 Å². The zero-order valence-corrected chi connectivity index (χ0v) is 17.5. The third-order valence-electron chi connectivity index (χ3n) is 4.36. The number of carbonyl (C=O) groups excluding carboxylic acids is 2. The first-order valence-electron chi connectivity index (χ1n) is 9.24. The number of aryl methyl sites for hydroxylation is 1. The van der Waals surface area contributed by atoms with Crippen molar-refractivity contribution in [3.8, 4) is 0 Å². The van der Waals surface area contributed by atoms with E-state index in [0.717, 1.165) is 10.0 Å². The van der Waals surface area contributed by atoms with Crippen LogP contribution in [0.5, 0.6) is 0 Å². The lowest BCUT2D eigenvalue weighted by Gasteiger charge is -2.08. The molecule has 0 atom stereocenters. The second-order valence-corrected chi connectivity index (χ2v) is 7.46. The maximum Gasteiger partial charge on any atom is 0.308 e. The van der Waals surface area contributed by atoms with Crippen LogP contribution in [0, 0.1) is 5.82 Å². The van der Waals surface area contributed by atoms with Gasteiger partial charge in [-0.15, -0.1) is 0 Å². The Morgan fingerprint density at radius 3 is 2.70 bits per heavy atom.